The fourth-order valence-corrected chi connectivity index (χ4v) is 4.93. The van der Waals surface area contributed by atoms with Crippen LogP contribution >= 0.6 is 0 Å². The van der Waals surface area contributed by atoms with Gasteiger partial charge in [-0.3, -0.25) is 4.79 Å². The van der Waals surface area contributed by atoms with E-state index < -0.39 is 10.0 Å². The van der Waals surface area contributed by atoms with E-state index in [1.807, 2.05) is 44.2 Å². The Morgan fingerprint density at radius 2 is 1.70 bits per heavy atom. The van der Waals surface area contributed by atoms with Crippen LogP contribution in [0.15, 0.2) is 53.4 Å². The molecule has 5 nitrogen and oxygen atoms in total. The molecule has 1 atom stereocenters. The third kappa shape index (κ3) is 4.39. The van der Waals surface area contributed by atoms with Crippen LogP contribution in [0.5, 0.6) is 0 Å². The number of hydrogen-bond donors (Lipinski definition) is 1. The summed E-state index contributed by atoms with van der Waals surface area (Å²) >= 11 is 0. The van der Waals surface area contributed by atoms with E-state index in [0.717, 1.165) is 30.4 Å². The third-order valence-electron chi connectivity index (χ3n) is 5.10. The molecule has 0 radical (unpaired) electrons. The van der Waals surface area contributed by atoms with Gasteiger partial charge in [-0.15, -0.1) is 0 Å². The van der Waals surface area contributed by atoms with Crippen LogP contribution in [-0.2, 0) is 14.8 Å². The van der Waals surface area contributed by atoms with Crippen molar-refractivity contribution in [3.8, 4) is 0 Å². The Balaban J connectivity index is 1.76. The fraction of sp³-hybridized carbons (Fsp3) is 0.381. The molecule has 1 amide bonds. The quantitative estimate of drug-likeness (QED) is 0.847. The summed E-state index contributed by atoms with van der Waals surface area (Å²) in [5.41, 5.74) is 2.32. The predicted molar refractivity (Wildman–Crippen MR) is 107 cm³/mol. The molecule has 0 unspecified atom stereocenters. The minimum atomic E-state index is -3.47. The van der Waals surface area contributed by atoms with Gasteiger partial charge in [-0.25, -0.2) is 8.42 Å². The van der Waals surface area contributed by atoms with Crippen LogP contribution in [0.25, 0.3) is 0 Å². The normalized spacial score (nSPS) is 16.7. The van der Waals surface area contributed by atoms with Gasteiger partial charge in [0.1, 0.15) is 0 Å². The predicted octanol–water partition coefficient (Wildman–Crippen LogP) is 3.91. The molecule has 2 aromatic rings. The topological polar surface area (TPSA) is 66.5 Å². The van der Waals surface area contributed by atoms with Crippen LogP contribution in [0.3, 0.4) is 0 Å². The molecule has 1 saturated heterocycles. The maximum absolute atomic E-state index is 12.8. The molecule has 0 aliphatic carbocycles. The standard InChI is InChI=1S/C21H26N2O3S/c1-16-15-19(27(25,26)23-13-7-4-8-14-23)11-12-20(16)22-21(24)17(2)18-9-5-3-6-10-18/h3,5-6,9-12,15,17H,4,7-8,13-14H2,1-2H3,(H,22,24)/t17-/m1/s1. The van der Waals surface area contributed by atoms with Gasteiger partial charge in [-0.1, -0.05) is 36.8 Å². The summed E-state index contributed by atoms with van der Waals surface area (Å²) in [5, 5.41) is 2.92. The summed E-state index contributed by atoms with van der Waals surface area (Å²) in [5.74, 6) is -0.404. The van der Waals surface area contributed by atoms with Crippen molar-refractivity contribution < 1.29 is 13.2 Å². The highest BCUT2D eigenvalue weighted by molar-refractivity contribution is 7.89. The molecule has 3 rings (SSSR count). The van der Waals surface area contributed by atoms with Gasteiger partial charge in [0.25, 0.3) is 0 Å². The van der Waals surface area contributed by atoms with E-state index in [1.54, 1.807) is 22.5 Å². The van der Waals surface area contributed by atoms with Crippen LogP contribution in [0.2, 0.25) is 0 Å². The molecule has 1 N–H and O–H groups in total. The lowest BCUT2D eigenvalue weighted by atomic mass is 10.0. The van der Waals surface area contributed by atoms with E-state index in [1.165, 1.54) is 0 Å². The molecule has 1 fully saturated rings. The van der Waals surface area contributed by atoms with E-state index in [9.17, 15) is 13.2 Å². The molecule has 144 valence electrons. The highest BCUT2D eigenvalue weighted by Crippen LogP contribution is 2.26. The van der Waals surface area contributed by atoms with E-state index in [-0.39, 0.29) is 16.7 Å². The average molecular weight is 387 g/mol. The summed E-state index contributed by atoms with van der Waals surface area (Å²) in [6.07, 6.45) is 2.89. The monoisotopic (exact) mass is 386 g/mol. The summed E-state index contributed by atoms with van der Waals surface area (Å²) in [6.45, 7) is 4.83. The lowest BCUT2D eigenvalue weighted by Crippen LogP contribution is -2.35. The van der Waals surface area contributed by atoms with Gasteiger partial charge in [0, 0.05) is 18.8 Å². The van der Waals surface area contributed by atoms with Crippen LogP contribution < -0.4 is 5.32 Å². The molecule has 1 aliphatic heterocycles. The summed E-state index contributed by atoms with van der Waals surface area (Å²) in [7, 11) is -3.47. The van der Waals surface area contributed by atoms with Gasteiger partial charge >= 0.3 is 0 Å². The number of piperidine rings is 1. The van der Waals surface area contributed by atoms with Gasteiger partial charge in [0.05, 0.1) is 10.8 Å². The zero-order valence-corrected chi connectivity index (χ0v) is 16.6. The molecular weight excluding hydrogens is 360 g/mol. The number of carbonyl (C=O) groups excluding carboxylic acids is 1. The smallest absolute Gasteiger partial charge is 0.243 e. The van der Waals surface area contributed by atoms with Gasteiger partial charge in [0.2, 0.25) is 15.9 Å². The number of anilines is 1. The number of nitrogens with zero attached hydrogens (tertiary/aromatic N) is 1. The van der Waals surface area contributed by atoms with Gasteiger partial charge < -0.3 is 5.32 Å². The van der Waals surface area contributed by atoms with Crippen molar-refractivity contribution in [2.45, 2.75) is 43.9 Å². The number of rotatable bonds is 5. The zero-order chi connectivity index (χ0) is 19.4. The van der Waals surface area contributed by atoms with Crippen molar-refractivity contribution in [2.75, 3.05) is 18.4 Å². The first-order valence-electron chi connectivity index (χ1n) is 9.36. The lowest BCUT2D eigenvalue weighted by molar-refractivity contribution is -0.117. The second kappa shape index (κ2) is 8.23. The Hall–Kier alpha value is -2.18. The van der Waals surface area contributed by atoms with Crippen molar-refractivity contribution in [1.82, 2.24) is 4.31 Å². The largest absolute Gasteiger partial charge is 0.325 e. The average Bonchev–Trinajstić information content (AvgIpc) is 2.70. The maximum Gasteiger partial charge on any atom is 0.243 e. The van der Waals surface area contributed by atoms with Crippen molar-refractivity contribution >= 4 is 21.6 Å². The zero-order valence-electron chi connectivity index (χ0n) is 15.8. The van der Waals surface area contributed by atoms with Crippen molar-refractivity contribution in [3.05, 3.63) is 59.7 Å². The SMILES string of the molecule is Cc1cc(S(=O)(=O)N2CCCCC2)ccc1NC(=O)[C@H](C)c1ccccc1. The Bertz CT molecular complexity index is 904. The first kappa shape index (κ1) is 19.6. The number of benzene rings is 2. The highest BCUT2D eigenvalue weighted by Gasteiger charge is 2.26. The number of sulfonamides is 1. The molecule has 6 heteroatoms. The molecule has 0 spiro atoms. The summed E-state index contributed by atoms with van der Waals surface area (Å²) in [6, 6.07) is 14.5. The molecule has 1 heterocycles. The Labute approximate surface area is 161 Å². The molecule has 0 aromatic heterocycles. The number of carbonyl (C=O) groups is 1. The Morgan fingerprint density at radius 1 is 1.04 bits per heavy atom. The van der Waals surface area contributed by atoms with E-state index in [2.05, 4.69) is 5.32 Å². The molecule has 2 aromatic carbocycles. The van der Waals surface area contributed by atoms with Crippen molar-refractivity contribution in [1.29, 1.82) is 0 Å². The van der Waals surface area contributed by atoms with Crippen LogP contribution in [0.4, 0.5) is 5.69 Å². The molecule has 27 heavy (non-hydrogen) atoms. The van der Waals surface area contributed by atoms with Gasteiger partial charge in [0.15, 0.2) is 0 Å². The van der Waals surface area contributed by atoms with Gasteiger partial charge in [-0.2, -0.15) is 4.31 Å². The first-order chi connectivity index (χ1) is 12.9. The molecule has 0 bridgehead atoms. The molecular formula is C21H26N2O3S. The second-order valence-corrected chi connectivity index (χ2v) is 9.00. The van der Waals surface area contributed by atoms with Gasteiger partial charge in [-0.05, 0) is 56.0 Å². The van der Waals surface area contributed by atoms with Crippen LogP contribution in [0, 0.1) is 6.92 Å². The van der Waals surface area contributed by atoms with E-state index >= 15 is 0 Å². The lowest BCUT2D eigenvalue weighted by Gasteiger charge is -2.26. The number of nitrogens with one attached hydrogen (secondary N) is 1. The van der Waals surface area contributed by atoms with E-state index in [4.69, 9.17) is 0 Å². The van der Waals surface area contributed by atoms with Crippen molar-refractivity contribution in [2.24, 2.45) is 0 Å². The minimum Gasteiger partial charge on any atom is -0.325 e. The first-order valence-corrected chi connectivity index (χ1v) is 10.8. The number of hydrogen-bond acceptors (Lipinski definition) is 3. The van der Waals surface area contributed by atoms with Crippen LogP contribution in [-0.4, -0.2) is 31.7 Å². The summed E-state index contributed by atoms with van der Waals surface area (Å²) < 4.78 is 27.2. The molecule has 1 aliphatic rings. The summed E-state index contributed by atoms with van der Waals surface area (Å²) in [4.78, 5) is 12.8. The van der Waals surface area contributed by atoms with Crippen LogP contribution in [0.1, 0.15) is 43.2 Å². The van der Waals surface area contributed by atoms with E-state index in [0.29, 0.717) is 18.8 Å². The third-order valence-corrected chi connectivity index (χ3v) is 7.00. The maximum atomic E-state index is 12.8. The fourth-order valence-electron chi connectivity index (χ4n) is 3.33. The second-order valence-electron chi connectivity index (χ2n) is 7.06. The highest BCUT2D eigenvalue weighted by atomic mass is 32.2. The Morgan fingerprint density at radius 3 is 2.33 bits per heavy atom. The number of aryl methyl sites for hydroxylation is 1. The minimum absolute atomic E-state index is 0.115. The number of amides is 1. The molecule has 0 saturated carbocycles. The Kier molecular flexibility index (Phi) is 5.97. The van der Waals surface area contributed by atoms with Crippen molar-refractivity contribution in [3.63, 3.8) is 0 Å².